The van der Waals surface area contributed by atoms with Gasteiger partial charge in [0.15, 0.2) is 12.9 Å². The maximum Gasteiger partial charge on any atom is 0.258 e. The minimum absolute atomic E-state index is 0.155. The lowest BCUT2D eigenvalue weighted by Crippen LogP contribution is -2.57. The summed E-state index contributed by atoms with van der Waals surface area (Å²) >= 11 is 1.67. The van der Waals surface area contributed by atoms with Crippen LogP contribution in [0.3, 0.4) is 0 Å². The van der Waals surface area contributed by atoms with Crippen LogP contribution in [-0.2, 0) is 23.9 Å². The summed E-state index contributed by atoms with van der Waals surface area (Å²) < 4.78 is 16.5. The zero-order valence-electron chi connectivity index (χ0n) is 24.2. The molecule has 2 aromatic carbocycles. The Morgan fingerprint density at radius 2 is 1.78 bits per heavy atom. The number of benzene rings is 2. The first-order chi connectivity index (χ1) is 19.6. The fraction of sp³-hybridized carbons (Fsp3) is 0.500. The van der Waals surface area contributed by atoms with Crippen LogP contribution in [0.15, 0.2) is 52.3 Å². The van der Waals surface area contributed by atoms with Gasteiger partial charge in [-0.25, -0.2) is 0 Å². The summed E-state index contributed by atoms with van der Waals surface area (Å²) in [7, 11) is 1.53. The van der Waals surface area contributed by atoms with E-state index in [1.54, 1.807) is 11.8 Å². The van der Waals surface area contributed by atoms with Gasteiger partial charge in [-0.2, -0.15) is 0 Å². The van der Waals surface area contributed by atoms with Gasteiger partial charge in [0.05, 0.1) is 24.0 Å². The second-order valence-corrected chi connectivity index (χ2v) is 12.1. The molecule has 4 atom stereocenters. The van der Waals surface area contributed by atoms with Gasteiger partial charge >= 0.3 is 0 Å². The van der Waals surface area contributed by atoms with E-state index in [9.17, 15) is 14.4 Å². The molecule has 10 nitrogen and oxygen atoms in total. The Hall–Kier alpha value is -3.28. The molecular formula is C30H40N4O6S. The Morgan fingerprint density at radius 3 is 2.51 bits per heavy atom. The van der Waals surface area contributed by atoms with E-state index in [0.29, 0.717) is 25.2 Å². The van der Waals surface area contributed by atoms with Crippen molar-refractivity contribution >= 4 is 40.9 Å². The lowest BCUT2D eigenvalue weighted by Gasteiger charge is -2.27. The van der Waals surface area contributed by atoms with E-state index in [-0.39, 0.29) is 30.4 Å². The number of hydrogen-bond donors (Lipinski definition) is 4. The molecule has 0 spiro atoms. The standard InChI is InChI=1S/C30H40N4O6S/c1-17(2)14-23(28(36)32-21-12-13-39-30(21)38-5)33-29(37)27(18(3)4)34-26(35)16-40-19-10-11-25-22(15-19)31-20-8-6-7-9-24(20)41-25/h6-11,15,17-18,21,23,27,30-31H,12-14,16H2,1-5H3,(H,32,36)(H,33,37)(H,34,35)/t21-,23-,27-,30?/m0/s1. The van der Waals surface area contributed by atoms with Crippen LogP contribution < -0.4 is 26.0 Å². The molecule has 2 heterocycles. The topological polar surface area (TPSA) is 127 Å². The molecule has 41 heavy (non-hydrogen) atoms. The van der Waals surface area contributed by atoms with Crippen LogP contribution in [0.2, 0.25) is 0 Å². The highest BCUT2D eigenvalue weighted by molar-refractivity contribution is 7.99. The first kappa shape index (κ1) is 30.7. The third-order valence-electron chi connectivity index (χ3n) is 6.90. The molecule has 0 radical (unpaired) electrons. The average molecular weight is 585 g/mol. The Kier molecular flexibility index (Phi) is 10.5. The number of hydrogen-bond acceptors (Lipinski definition) is 8. The van der Waals surface area contributed by atoms with E-state index in [1.165, 1.54) is 7.11 Å². The number of para-hydroxylation sites is 1. The molecular weight excluding hydrogens is 544 g/mol. The number of carbonyl (C=O) groups is 3. The number of carbonyl (C=O) groups excluding carboxylic acids is 3. The summed E-state index contributed by atoms with van der Waals surface area (Å²) in [6.07, 6.45) is 0.557. The highest BCUT2D eigenvalue weighted by atomic mass is 32.2. The van der Waals surface area contributed by atoms with Gasteiger partial charge in [-0.3, -0.25) is 14.4 Å². The third-order valence-corrected chi connectivity index (χ3v) is 8.05. The Morgan fingerprint density at radius 1 is 1.02 bits per heavy atom. The van der Waals surface area contributed by atoms with E-state index in [4.69, 9.17) is 14.2 Å². The maximum absolute atomic E-state index is 13.3. The molecule has 0 bridgehead atoms. The number of nitrogens with one attached hydrogen (secondary N) is 4. The highest BCUT2D eigenvalue weighted by Gasteiger charge is 2.34. The number of methoxy groups -OCH3 is 1. The second kappa shape index (κ2) is 14.1. The number of ether oxygens (including phenoxy) is 3. The minimum atomic E-state index is -0.840. The summed E-state index contributed by atoms with van der Waals surface area (Å²) in [6.45, 7) is 7.88. The largest absolute Gasteiger partial charge is 0.484 e. The van der Waals surface area contributed by atoms with E-state index >= 15 is 0 Å². The lowest BCUT2D eigenvalue weighted by atomic mass is 9.99. The smallest absolute Gasteiger partial charge is 0.258 e. The predicted octanol–water partition coefficient (Wildman–Crippen LogP) is 3.82. The van der Waals surface area contributed by atoms with Crippen molar-refractivity contribution < 1.29 is 28.6 Å². The van der Waals surface area contributed by atoms with Crippen molar-refractivity contribution in [2.75, 3.05) is 25.6 Å². The lowest BCUT2D eigenvalue weighted by molar-refractivity contribution is -0.135. The van der Waals surface area contributed by atoms with Crippen LogP contribution in [-0.4, -0.2) is 62.5 Å². The van der Waals surface area contributed by atoms with Crippen molar-refractivity contribution in [3.8, 4) is 5.75 Å². The van der Waals surface area contributed by atoms with Gasteiger partial charge < -0.3 is 35.5 Å². The molecule has 1 fully saturated rings. The molecule has 0 aromatic heterocycles. The molecule has 4 rings (SSSR count). The van der Waals surface area contributed by atoms with Gasteiger partial charge in [0.1, 0.15) is 17.8 Å². The van der Waals surface area contributed by atoms with Gasteiger partial charge in [-0.1, -0.05) is 51.6 Å². The fourth-order valence-electron chi connectivity index (χ4n) is 4.79. The number of amides is 3. The van der Waals surface area contributed by atoms with E-state index < -0.39 is 30.2 Å². The Bertz CT molecular complexity index is 1240. The van der Waals surface area contributed by atoms with Crippen molar-refractivity contribution in [2.45, 2.75) is 74.7 Å². The predicted molar refractivity (Wildman–Crippen MR) is 157 cm³/mol. The van der Waals surface area contributed by atoms with Gasteiger partial charge in [0, 0.05) is 23.0 Å². The molecule has 2 aromatic rings. The first-order valence-electron chi connectivity index (χ1n) is 14.0. The van der Waals surface area contributed by atoms with Crippen LogP contribution in [0.4, 0.5) is 11.4 Å². The Labute approximate surface area is 245 Å². The van der Waals surface area contributed by atoms with Crippen molar-refractivity contribution in [3.05, 3.63) is 42.5 Å². The van der Waals surface area contributed by atoms with Crippen molar-refractivity contribution in [3.63, 3.8) is 0 Å². The average Bonchev–Trinajstić information content (AvgIpc) is 3.39. The first-order valence-corrected chi connectivity index (χ1v) is 14.8. The number of fused-ring (bicyclic) bond motifs is 2. The molecule has 1 unspecified atom stereocenters. The molecule has 222 valence electrons. The van der Waals surface area contributed by atoms with Gasteiger partial charge in [-0.05, 0) is 48.9 Å². The normalized spacial score (nSPS) is 19.0. The summed E-state index contributed by atoms with van der Waals surface area (Å²) in [5, 5.41) is 12.0. The molecule has 4 N–H and O–H groups in total. The highest BCUT2D eigenvalue weighted by Crippen LogP contribution is 2.45. The molecule has 3 amide bonds. The molecule has 11 heteroatoms. The second-order valence-electron chi connectivity index (χ2n) is 11.0. The molecule has 2 aliphatic rings. The number of rotatable bonds is 12. The van der Waals surface area contributed by atoms with Crippen LogP contribution >= 0.6 is 11.8 Å². The van der Waals surface area contributed by atoms with Crippen LogP contribution in [0.1, 0.15) is 40.5 Å². The Balaban J connectivity index is 1.33. The SMILES string of the molecule is COC1OCC[C@@H]1NC(=O)[C@H](CC(C)C)NC(=O)[C@@H](NC(=O)COc1ccc2c(c1)Nc1ccccc1S2)C(C)C. The van der Waals surface area contributed by atoms with E-state index in [2.05, 4.69) is 27.3 Å². The van der Waals surface area contributed by atoms with Crippen LogP contribution in [0, 0.1) is 11.8 Å². The van der Waals surface area contributed by atoms with E-state index in [1.807, 2.05) is 64.1 Å². The summed E-state index contributed by atoms with van der Waals surface area (Å²) in [5.41, 5.74) is 1.92. The molecule has 0 saturated carbocycles. The van der Waals surface area contributed by atoms with Crippen LogP contribution in [0.25, 0.3) is 0 Å². The molecule has 1 saturated heterocycles. The zero-order valence-corrected chi connectivity index (χ0v) is 25.0. The quantitative estimate of drug-likeness (QED) is 0.253. The van der Waals surface area contributed by atoms with Crippen LogP contribution in [0.5, 0.6) is 5.75 Å². The molecule has 0 aliphatic carbocycles. The maximum atomic E-state index is 13.3. The number of anilines is 2. The van der Waals surface area contributed by atoms with Crippen molar-refractivity contribution in [2.24, 2.45) is 11.8 Å². The summed E-state index contributed by atoms with van der Waals surface area (Å²) in [4.78, 5) is 41.5. The van der Waals surface area contributed by atoms with Gasteiger partial charge in [-0.15, -0.1) is 0 Å². The fourth-order valence-corrected chi connectivity index (χ4v) is 5.76. The summed E-state index contributed by atoms with van der Waals surface area (Å²) in [5.74, 6) is -0.677. The monoisotopic (exact) mass is 584 g/mol. The van der Waals surface area contributed by atoms with E-state index in [0.717, 1.165) is 21.2 Å². The molecule has 2 aliphatic heterocycles. The van der Waals surface area contributed by atoms with Gasteiger partial charge in [0.25, 0.3) is 5.91 Å². The third kappa shape index (κ3) is 8.15. The van der Waals surface area contributed by atoms with Crippen molar-refractivity contribution in [1.82, 2.24) is 16.0 Å². The zero-order chi connectivity index (χ0) is 29.5. The van der Waals surface area contributed by atoms with Gasteiger partial charge in [0.2, 0.25) is 11.8 Å². The van der Waals surface area contributed by atoms with Crippen molar-refractivity contribution in [1.29, 1.82) is 0 Å². The summed E-state index contributed by atoms with van der Waals surface area (Å²) in [6, 6.07) is 11.8. The minimum Gasteiger partial charge on any atom is -0.484 e.